The smallest absolute Gasteiger partial charge is 0.152 e. The highest BCUT2D eigenvalue weighted by Crippen LogP contribution is 2.17. The van der Waals surface area contributed by atoms with Gasteiger partial charge in [-0.1, -0.05) is 41.9 Å². The first-order valence-corrected chi connectivity index (χ1v) is 8.54. The van der Waals surface area contributed by atoms with Crippen molar-refractivity contribution in [3.05, 3.63) is 35.9 Å². The number of halogens is 1. The molecule has 0 radical (unpaired) electrons. The van der Waals surface area contributed by atoms with Gasteiger partial charge in [0.15, 0.2) is 6.29 Å². The standard InChI is InChI=1S/C17H23ClN2O3/c18-16(11-21)19-6-8-20(9-7-19)17-13-22-15(12-23-17)10-14-4-2-1-3-5-14/h1-5,11,15-17H,6-10,12-13H2. The van der Waals surface area contributed by atoms with Gasteiger partial charge in [0.1, 0.15) is 11.7 Å². The number of hydrogen-bond donors (Lipinski definition) is 0. The van der Waals surface area contributed by atoms with E-state index in [1.807, 2.05) is 23.1 Å². The van der Waals surface area contributed by atoms with Crippen molar-refractivity contribution < 1.29 is 14.3 Å². The normalized spacial score (nSPS) is 28.4. The van der Waals surface area contributed by atoms with Crippen LogP contribution in [-0.2, 0) is 20.7 Å². The zero-order valence-corrected chi connectivity index (χ0v) is 13.9. The SMILES string of the molecule is O=CC(Cl)N1CCN(C2COC(Cc3ccccc3)CO2)CC1. The Hall–Kier alpha value is -0.980. The lowest BCUT2D eigenvalue weighted by molar-refractivity contribution is -0.190. The molecule has 3 unspecified atom stereocenters. The van der Waals surface area contributed by atoms with Gasteiger partial charge in [-0.2, -0.15) is 0 Å². The fourth-order valence-electron chi connectivity index (χ4n) is 3.10. The van der Waals surface area contributed by atoms with Crippen molar-refractivity contribution in [1.82, 2.24) is 9.80 Å². The molecular formula is C17H23ClN2O3. The van der Waals surface area contributed by atoms with Crippen LogP contribution in [0, 0.1) is 0 Å². The summed E-state index contributed by atoms with van der Waals surface area (Å²) in [5.74, 6) is 0. The van der Waals surface area contributed by atoms with E-state index < -0.39 is 5.50 Å². The minimum Gasteiger partial charge on any atom is -0.371 e. The molecule has 6 heteroatoms. The Labute approximate surface area is 142 Å². The molecule has 0 N–H and O–H groups in total. The molecular weight excluding hydrogens is 316 g/mol. The van der Waals surface area contributed by atoms with E-state index in [2.05, 4.69) is 17.0 Å². The van der Waals surface area contributed by atoms with Crippen LogP contribution in [0.2, 0.25) is 0 Å². The van der Waals surface area contributed by atoms with Gasteiger partial charge in [-0.05, 0) is 5.56 Å². The summed E-state index contributed by atoms with van der Waals surface area (Å²) in [4.78, 5) is 15.0. The van der Waals surface area contributed by atoms with Gasteiger partial charge in [-0.25, -0.2) is 0 Å². The number of rotatable bonds is 5. The molecule has 1 aromatic rings. The summed E-state index contributed by atoms with van der Waals surface area (Å²) in [7, 11) is 0. The Balaban J connectivity index is 1.42. The fraction of sp³-hybridized carbons (Fsp3) is 0.588. The van der Waals surface area contributed by atoms with E-state index in [0.717, 1.165) is 38.9 Å². The lowest BCUT2D eigenvalue weighted by atomic mass is 10.1. The molecule has 2 aliphatic heterocycles. The third kappa shape index (κ3) is 4.52. The average molecular weight is 339 g/mol. The molecule has 0 bridgehead atoms. The van der Waals surface area contributed by atoms with Gasteiger partial charge in [0, 0.05) is 32.6 Å². The summed E-state index contributed by atoms with van der Waals surface area (Å²) in [6.07, 6.45) is 1.80. The number of aldehydes is 1. The summed E-state index contributed by atoms with van der Waals surface area (Å²) in [6, 6.07) is 10.3. The van der Waals surface area contributed by atoms with Crippen molar-refractivity contribution in [3.8, 4) is 0 Å². The summed E-state index contributed by atoms with van der Waals surface area (Å²) in [5, 5.41) is 0. The first kappa shape index (κ1) is 16.9. The van der Waals surface area contributed by atoms with Crippen LogP contribution in [0.4, 0.5) is 0 Å². The maximum Gasteiger partial charge on any atom is 0.152 e. The number of alkyl halides is 1. The summed E-state index contributed by atoms with van der Waals surface area (Å²) in [6.45, 7) is 4.45. The van der Waals surface area contributed by atoms with Gasteiger partial charge in [-0.15, -0.1) is 0 Å². The highest BCUT2D eigenvalue weighted by Gasteiger charge is 2.30. The van der Waals surface area contributed by atoms with E-state index in [-0.39, 0.29) is 12.3 Å². The van der Waals surface area contributed by atoms with E-state index >= 15 is 0 Å². The molecule has 2 heterocycles. The Morgan fingerprint density at radius 1 is 1.13 bits per heavy atom. The van der Waals surface area contributed by atoms with Crippen molar-refractivity contribution in [2.45, 2.75) is 24.3 Å². The summed E-state index contributed by atoms with van der Waals surface area (Å²) >= 11 is 5.96. The molecule has 2 saturated heterocycles. The zero-order valence-electron chi connectivity index (χ0n) is 13.1. The topological polar surface area (TPSA) is 42.0 Å². The second-order valence-corrected chi connectivity index (χ2v) is 6.46. The molecule has 0 aromatic heterocycles. The van der Waals surface area contributed by atoms with Crippen LogP contribution in [0.1, 0.15) is 5.56 Å². The number of benzene rings is 1. The molecule has 5 nitrogen and oxygen atoms in total. The zero-order chi connectivity index (χ0) is 16.1. The van der Waals surface area contributed by atoms with Crippen LogP contribution < -0.4 is 0 Å². The van der Waals surface area contributed by atoms with Crippen molar-refractivity contribution in [1.29, 1.82) is 0 Å². The van der Waals surface area contributed by atoms with Crippen LogP contribution in [-0.4, -0.2) is 73.3 Å². The number of nitrogens with zero attached hydrogens (tertiary/aromatic N) is 2. The maximum absolute atomic E-state index is 10.7. The lowest BCUT2D eigenvalue weighted by Gasteiger charge is -2.41. The van der Waals surface area contributed by atoms with E-state index in [0.29, 0.717) is 13.2 Å². The molecule has 2 fully saturated rings. The molecule has 0 aliphatic carbocycles. The molecule has 3 atom stereocenters. The fourth-order valence-corrected chi connectivity index (χ4v) is 3.29. The van der Waals surface area contributed by atoms with Gasteiger partial charge < -0.3 is 14.3 Å². The third-order valence-electron chi connectivity index (χ3n) is 4.47. The summed E-state index contributed by atoms with van der Waals surface area (Å²) < 4.78 is 12.0. The van der Waals surface area contributed by atoms with Crippen LogP contribution in [0.3, 0.4) is 0 Å². The quantitative estimate of drug-likeness (QED) is 0.460. The van der Waals surface area contributed by atoms with Crippen LogP contribution in [0.15, 0.2) is 30.3 Å². The van der Waals surface area contributed by atoms with Crippen molar-refractivity contribution >= 4 is 17.9 Å². The predicted octanol–water partition coefficient (Wildman–Crippen LogP) is 1.35. The third-order valence-corrected chi connectivity index (χ3v) is 4.85. The molecule has 3 rings (SSSR count). The molecule has 0 spiro atoms. The van der Waals surface area contributed by atoms with Crippen LogP contribution in [0.25, 0.3) is 0 Å². The summed E-state index contributed by atoms with van der Waals surface area (Å²) in [5.41, 5.74) is 0.756. The maximum atomic E-state index is 10.7. The van der Waals surface area contributed by atoms with Gasteiger partial charge in [0.2, 0.25) is 0 Å². The molecule has 0 saturated carbocycles. The Kier molecular flexibility index (Phi) is 6.02. The van der Waals surface area contributed by atoms with E-state index in [4.69, 9.17) is 21.1 Å². The minimum atomic E-state index is -0.518. The molecule has 126 valence electrons. The first-order chi connectivity index (χ1) is 11.3. The largest absolute Gasteiger partial charge is 0.371 e. The van der Waals surface area contributed by atoms with Crippen molar-refractivity contribution in [3.63, 3.8) is 0 Å². The number of hydrogen-bond acceptors (Lipinski definition) is 5. The Bertz CT molecular complexity index is 486. The highest BCUT2D eigenvalue weighted by atomic mass is 35.5. The number of carbonyl (C=O) groups excluding carboxylic acids is 1. The lowest BCUT2D eigenvalue weighted by Crippen LogP contribution is -2.56. The molecule has 2 aliphatic rings. The van der Waals surface area contributed by atoms with Crippen LogP contribution >= 0.6 is 11.6 Å². The second kappa shape index (κ2) is 8.22. The Morgan fingerprint density at radius 3 is 2.48 bits per heavy atom. The average Bonchev–Trinajstić information content (AvgIpc) is 2.63. The van der Waals surface area contributed by atoms with Gasteiger partial charge in [0.05, 0.1) is 19.3 Å². The van der Waals surface area contributed by atoms with Gasteiger partial charge >= 0.3 is 0 Å². The number of piperazine rings is 1. The monoisotopic (exact) mass is 338 g/mol. The van der Waals surface area contributed by atoms with E-state index in [1.165, 1.54) is 5.56 Å². The molecule has 0 amide bonds. The number of ether oxygens (including phenoxy) is 2. The minimum absolute atomic E-state index is 0.00850. The Morgan fingerprint density at radius 2 is 1.87 bits per heavy atom. The molecule has 1 aromatic carbocycles. The highest BCUT2D eigenvalue weighted by molar-refractivity contribution is 6.27. The van der Waals surface area contributed by atoms with E-state index in [1.54, 1.807) is 0 Å². The van der Waals surface area contributed by atoms with Crippen molar-refractivity contribution in [2.75, 3.05) is 39.4 Å². The van der Waals surface area contributed by atoms with Gasteiger partial charge in [0.25, 0.3) is 0 Å². The van der Waals surface area contributed by atoms with E-state index in [9.17, 15) is 4.79 Å². The van der Waals surface area contributed by atoms with Gasteiger partial charge in [-0.3, -0.25) is 9.80 Å². The predicted molar refractivity (Wildman–Crippen MR) is 88.5 cm³/mol. The van der Waals surface area contributed by atoms with Crippen molar-refractivity contribution in [2.24, 2.45) is 0 Å². The number of carbonyl (C=O) groups is 1. The first-order valence-electron chi connectivity index (χ1n) is 8.11. The van der Waals surface area contributed by atoms with Crippen LogP contribution in [0.5, 0.6) is 0 Å². The second-order valence-electron chi connectivity index (χ2n) is 6.01. The molecule has 23 heavy (non-hydrogen) atoms.